The van der Waals surface area contributed by atoms with E-state index >= 15 is 0 Å². The van der Waals surface area contributed by atoms with Gasteiger partial charge in [-0.05, 0) is 235 Å². The maximum absolute atomic E-state index is 5.52. The van der Waals surface area contributed by atoms with Gasteiger partial charge >= 0.3 is 34.1 Å². The summed E-state index contributed by atoms with van der Waals surface area (Å²) in [6, 6.07) is 80.5. The van der Waals surface area contributed by atoms with Crippen molar-refractivity contribution in [3.8, 4) is 135 Å². The smallest absolute Gasteiger partial charge is 0.657 e. The van der Waals surface area contributed by atoms with Crippen LogP contribution in [0.5, 0.6) is 46.0 Å². The van der Waals surface area contributed by atoms with Gasteiger partial charge in [-0.3, -0.25) is 0 Å². The number of rotatable bonds is 16. The molecule has 17 nitrogen and oxygen atoms in total. The number of aromatic nitrogens is 8. The van der Waals surface area contributed by atoms with Crippen molar-refractivity contribution in [3.05, 3.63) is 288 Å². The van der Waals surface area contributed by atoms with E-state index in [9.17, 15) is 0 Å². The fraction of sp³-hybridized carbons (Fsp3) is 0.0833. The molecule has 0 saturated heterocycles. The standard InChI is InChI=1S/2C48H36N4O4.2Fe.H2O/c2*1-53-33-13-5-29(6-14-33)45-37-21-23-39(49-37)46(30-7-15-34(54-2)16-8-30)41-25-27-43(51-41)48(32-11-19-36(56-4)20-12-32)44-28-26-42(52-44)47(40-24-22-38(45)50-40)31-9-17-35(55-3)18-10-31;;;/h2*5-28H,1-4H3;;;1H2/q2*-2;2*+2;. The van der Waals surface area contributed by atoms with E-state index in [1.165, 1.54) is 0 Å². The number of hydrogen-bond donors (Lipinski definition) is 0. The maximum atomic E-state index is 5.52. The SMILES string of the molecule is COc1ccc(-c2c3nc(c(-c4ccc(OC)cc4)c4ccc([n-]4)c(-c4ccc(OC)cc4)c4nc(c(-c5ccc(OC)cc5)c5ccc2[n-]5)C=C4)C=C3)cc1.COc1ccc(-c2c3nc(c(-c4ccc(OC)cc4)c4ccc([n-]4)c(-c4ccc(OC)cc4)c4nc(c(-c5ccc(OC)cc5)c5ccc2[n-]5)C=C4)C=C3)cc1.O.[Fe+2].[Fe+2]. The van der Waals surface area contributed by atoms with Gasteiger partial charge in [-0.2, -0.15) is 0 Å². The second-order valence-corrected chi connectivity index (χ2v) is 26.6. The first kappa shape index (κ1) is 78.1. The molecule has 0 fully saturated rings. The molecule has 0 unspecified atom stereocenters. The molecule has 6 aromatic heterocycles. The minimum atomic E-state index is 0. The second-order valence-electron chi connectivity index (χ2n) is 26.6. The first-order chi connectivity index (χ1) is 55.1. The van der Waals surface area contributed by atoms with Crippen molar-refractivity contribution < 1.29 is 77.5 Å². The Balaban J connectivity index is 0.000000185. The Kier molecular flexibility index (Phi) is 23.2. The van der Waals surface area contributed by atoms with Gasteiger partial charge in [-0.15, -0.1) is 44.1 Å². The van der Waals surface area contributed by atoms with Crippen molar-refractivity contribution in [2.45, 2.75) is 0 Å². The molecule has 14 aromatic rings. The number of ether oxygens (including phenoxy) is 8. The van der Waals surface area contributed by atoms with Crippen LogP contribution in [0.2, 0.25) is 0 Å². The molecular weight excluding hydrogens is 1520 g/mol. The minimum absolute atomic E-state index is 0. The van der Waals surface area contributed by atoms with Crippen LogP contribution in [-0.4, -0.2) is 82.3 Å². The Labute approximate surface area is 685 Å². The van der Waals surface area contributed by atoms with E-state index in [1.54, 1.807) is 56.9 Å². The fourth-order valence-electron chi connectivity index (χ4n) is 14.6. The third-order valence-electron chi connectivity index (χ3n) is 20.2. The summed E-state index contributed by atoms with van der Waals surface area (Å²) in [7, 11) is 13.3. The van der Waals surface area contributed by atoms with Crippen LogP contribution in [0.15, 0.2) is 243 Å². The van der Waals surface area contributed by atoms with Crippen molar-refractivity contribution in [1.29, 1.82) is 0 Å². The molecule has 0 atom stereocenters. The molecule has 4 aliphatic heterocycles. The van der Waals surface area contributed by atoms with Gasteiger partial charge < -0.3 is 63.3 Å². The number of hydrogen-bond acceptors (Lipinski definition) is 12. The van der Waals surface area contributed by atoms with E-state index in [4.69, 9.17) is 77.8 Å². The number of fused-ring (bicyclic) bond motifs is 16. The molecule has 568 valence electrons. The Morgan fingerprint density at radius 2 is 0.270 bits per heavy atom. The summed E-state index contributed by atoms with van der Waals surface area (Å²) in [6.07, 6.45) is 16.5. The molecule has 8 aromatic carbocycles. The van der Waals surface area contributed by atoms with Crippen LogP contribution < -0.4 is 57.8 Å². The van der Waals surface area contributed by atoms with Gasteiger partial charge in [0.1, 0.15) is 46.0 Å². The van der Waals surface area contributed by atoms with Crippen LogP contribution in [0.1, 0.15) is 45.6 Å². The largest absolute Gasteiger partial charge is 2.00 e. The predicted octanol–water partition coefficient (Wildman–Crippen LogP) is 20.4. The van der Waals surface area contributed by atoms with Crippen LogP contribution in [0.25, 0.3) is 182 Å². The monoisotopic (exact) mass is 1590 g/mol. The molecule has 0 saturated carbocycles. The van der Waals surface area contributed by atoms with Crippen molar-refractivity contribution in [2.75, 3.05) is 56.9 Å². The zero-order valence-corrected chi connectivity index (χ0v) is 66.0. The number of benzene rings is 8. The normalized spacial score (nSPS) is 11.5. The van der Waals surface area contributed by atoms with Crippen molar-refractivity contribution in [1.82, 2.24) is 39.9 Å². The minimum Gasteiger partial charge on any atom is -0.657 e. The van der Waals surface area contributed by atoms with E-state index in [0.29, 0.717) is 0 Å². The topological polar surface area (TPSA) is 213 Å². The molecule has 19 heteroatoms. The molecule has 10 heterocycles. The molecule has 16 bridgehead atoms. The van der Waals surface area contributed by atoms with Crippen LogP contribution >= 0.6 is 0 Å². The average molecular weight is 1600 g/mol. The van der Waals surface area contributed by atoms with Crippen molar-refractivity contribution >= 4 is 92.7 Å². The molecule has 4 aliphatic rings. The molecular formula is C96H74Fe2N8O9. The molecule has 18 rings (SSSR count). The Morgan fingerprint density at radius 1 is 0.165 bits per heavy atom. The molecule has 0 spiro atoms. The summed E-state index contributed by atoms with van der Waals surface area (Å²) < 4.78 is 44.2. The van der Waals surface area contributed by atoms with Crippen molar-refractivity contribution in [2.24, 2.45) is 0 Å². The van der Waals surface area contributed by atoms with Crippen LogP contribution in [0.3, 0.4) is 0 Å². The molecule has 0 aliphatic carbocycles. The Bertz CT molecular complexity index is 5280. The van der Waals surface area contributed by atoms with E-state index in [0.717, 1.165) is 225 Å². The van der Waals surface area contributed by atoms with E-state index in [1.807, 2.05) is 194 Å². The number of nitrogens with zero attached hydrogens (tertiary/aromatic N) is 8. The summed E-state index contributed by atoms with van der Waals surface area (Å²) in [4.78, 5) is 42.7. The zero-order valence-electron chi connectivity index (χ0n) is 63.8. The van der Waals surface area contributed by atoms with Gasteiger partial charge in [0.15, 0.2) is 0 Å². The average Bonchev–Trinajstić information content (AvgIpc) is 1.62. The van der Waals surface area contributed by atoms with E-state index in [2.05, 4.69) is 97.1 Å². The van der Waals surface area contributed by atoms with Crippen LogP contribution in [0, 0.1) is 0 Å². The van der Waals surface area contributed by atoms with Gasteiger partial charge in [0.2, 0.25) is 0 Å². The molecule has 0 amide bonds. The fourth-order valence-corrected chi connectivity index (χ4v) is 14.6. The van der Waals surface area contributed by atoms with Gasteiger partial charge in [-0.1, -0.05) is 146 Å². The van der Waals surface area contributed by atoms with Crippen LogP contribution in [-0.2, 0) is 34.1 Å². The van der Waals surface area contributed by atoms with Crippen molar-refractivity contribution in [3.63, 3.8) is 0 Å². The summed E-state index contributed by atoms with van der Waals surface area (Å²) in [6.45, 7) is 0. The summed E-state index contributed by atoms with van der Waals surface area (Å²) in [5.74, 6) is 6.13. The zero-order chi connectivity index (χ0) is 76.3. The summed E-state index contributed by atoms with van der Waals surface area (Å²) in [5.41, 5.74) is 27.3. The van der Waals surface area contributed by atoms with Gasteiger partial charge in [0.05, 0.1) is 102 Å². The quantitative estimate of drug-likeness (QED) is 0.0823. The van der Waals surface area contributed by atoms with E-state index < -0.39 is 0 Å². The molecule has 2 N–H and O–H groups in total. The Morgan fingerprint density at radius 3 is 0.365 bits per heavy atom. The first-order valence-electron chi connectivity index (χ1n) is 36.3. The Hall–Kier alpha value is -13.6. The van der Waals surface area contributed by atoms with Gasteiger partial charge in [0, 0.05) is 0 Å². The number of methoxy groups -OCH3 is 8. The summed E-state index contributed by atoms with van der Waals surface area (Å²) in [5, 5.41) is 0. The maximum Gasteiger partial charge on any atom is 2.00 e. The van der Waals surface area contributed by atoms with Gasteiger partial charge in [0.25, 0.3) is 0 Å². The summed E-state index contributed by atoms with van der Waals surface area (Å²) >= 11 is 0. The van der Waals surface area contributed by atoms with Gasteiger partial charge in [-0.25, -0.2) is 19.9 Å². The second kappa shape index (κ2) is 34.1. The van der Waals surface area contributed by atoms with Crippen LogP contribution in [0.4, 0.5) is 0 Å². The molecule has 115 heavy (non-hydrogen) atoms. The predicted molar refractivity (Wildman–Crippen MR) is 453 cm³/mol. The third kappa shape index (κ3) is 15.5. The van der Waals surface area contributed by atoms with E-state index in [-0.39, 0.29) is 39.6 Å². The molecule has 0 radical (unpaired) electrons. The first-order valence-corrected chi connectivity index (χ1v) is 36.3. The third-order valence-corrected chi connectivity index (χ3v) is 20.2.